The number of methoxy groups -OCH3 is 1. The third-order valence-corrected chi connectivity index (χ3v) is 7.09. The van der Waals surface area contributed by atoms with E-state index in [-0.39, 0.29) is 15.9 Å². The number of aromatic nitrogens is 1. The van der Waals surface area contributed by atoms with Gasteiger partial charge in [0.05, 0.1) is 6.61 Å². The highest BCUT2D eigenvalue weighted by Gasteiger charge is 2.22. The number of nitrogens with zero attached hydrogens (tertiary/aromatic N) is 1. The molecule has 2 amide bonds. The second-order valence-electron chi connectivity index (χ2n) is 5.22. The predicted molar refractivity (Wildman–Crippen MR) is 102 cm³/mol. The van der Waals surface area contributed by atoms with Crippen molar-refractivity contribution in [3.8, 4) is 5.88 Å². The number of thioether (sulfide) groups is 1. The molecule has 2 rings (SSSR count). The SMILES string of the molecule is COCCc1sc(S(=O)(=O)NC(=O)Nc2cc(SC)cc(O)n2)cc1C. The van der Waals surface area contributed by atoms with E-state index < -0.39 is 16.1 Å². The van der Waals surface area contributed by atoms with Crippen LogP contribution in [0.1, 0.15) is 10.4 Å². The fourth-order valence-corrected chi connectivity index (χ4v) is 4.98. The molecule has 2 heterocycles. The maximum absolute atomic E-state index is 12.4. The molecule has 0 aromatic carbocycles. The van der Waals surface area contributed by atoms with Crippen molar-refractivity contribution >= 4 is 45.0 Å². The molecular formula is C15H19N3O5S3. The molecule has 0 saturated heterocycles. The number of sulfonamides is 1. The Labute approximate surface area is 160 Å². The van der Waals surface area contributed by atoms with Gasteiger partial charge in [0.15, 0.2) is 0 Å². The van der Waals surface area contributed by atoms with Crippen LogP contribution in [0.2, 0.25) is 0 Å². The monoisotopic (exact) mass is 417 g/mol. The summed E-state index contributed by atoms with van der Waals surface area (Å²) in [5.74, 6) is -0.225. The van der Waals surface area contributed by atoms with Crippen molar-refractivity contribution in [1.82, 2.24) is 9.71 Å². The van der Waals surface area contributed by atoms with E-state index in [4.69, 9.17) is 4.74 Å². The van der Waals surface area contributed by atoms with E-state index in [1.165, 1.54) is 30.0 Å². The topological polar surface area (TPSA) is 118 Å². The molecule has 0 bridgehead atoms. The number of aryl methyl sites for hydroxylation is 1. The van der Waals surface area contributed by atoms with Gasteiger partial charge < -0.3 is 9.84 Å². The van der Waals surface area contributed by atoms with Crippen molar-refractivity contribution in [2.45, 2.75) is 22.4 Å². The minimum atomic E-state index is -4.01. The Kier molecular flexibility index (Phi) is 6.87. The first-order valence-corrected chi connectivity index (χ1v) is 10.9. The largest absolute Gasteiger partial charge is 0.493 e. The van der Waals surface area contributed by atoms with Crippen molar-refractivity contribution in [2.24, 2.45) is 0 Å². The van der Waals surface area contributed by atoms with Crippen LogP contribution in [0, 0.1) is 6.92 Å². The summed E-state index contributed by atoms with van der Waals surface area (Å²) >= 11 is 2.44. The summed E-state index contributed by atoms with van der Waals surface area (Å²) in [6, 6.07) is 3.51. The lowest BCUT2D eigenvalue weighted by atomic mass is 10.2. The van der Waals surface area contributed by atoms with Gasteiger partial charge in [0, 0.05) is 29.4 Å². The summed E-state index contributed by atoms with van der Waals surface area (Å²) in [7, 11) is -2.44. The predicted octanol–water partition coefficient (Wildman–Crippen LogP) is 2.58. The van der Waals surface area contributed by atoms with Crippen LogP contribution < -0.4 is 10.0 Å². The van der Waals surface area contributed by atoms with Crippen LogP contribution in [-0.2, 0) is 21.2 Å². The van der Waals surface area contributed by atoms with Gasteiger partial charge in [-0.3, -0.25) is 5.32 Å². The van der Waals surface area contributed by atoms with Crippen LogP contribution in [0.4, 0.5) is 10.6 Å². The third-order valence-electron chi connectivity index (χ3n) is 3.29. The molecular weight excluding hydrogens is 398 g/mol. The Balaban J connectivity index is 2.11. The number of aromatic hydroxyl groups is 1. The van der Waals surface area contributed by atoms with E-state index in [1.807, 2.05) is 4.72 Å². The normalized spacial score (nSPS) is 11.3. The second-order valence-corrected chi connectivity index (χ2v) is 9.15. The molecule has 0 radical (unpaired) electrons. The lowest BCUT2D eigenvalue weighted by Crippen LogP contribution is -2.34. The van der Waals surface area contributed by atoms with Gasteiger partial charge >= 0.3 is 6.03 Å². The fraction of sp³-hybridized carbons (Fsp3) is 0.333. The molecule has 142 valence electrons. The van der Waals surface area contributed by atoms with Crippen LogP contribution in [0.25, 0.3) is 0 Å². The zero-order valence-electron chi connectivity index (χ0n) is 14.4. The number of amides is 2. The van der Waals surface area contributed by atoms with Gasteiger partial charge in [0.2, 0.25) is 5.88 Å². The number of hydrogen-bond donors (Lipinski definition) is 3. The van der Waals surface area contributed by atoms with Crippen LogP contribution in [0.15, 0.2) is 27.3 Å². The number of anilines is 1. The number of nitrogens with one attached hydrogen (secondary N) is 2. The zero-order valence-corrected chi connectivity index (χ0v) is 16.8. The van der Waals surface area contributed by atoms with E-state index in [9.17, 15) is 18.3 Å². The number of ether oxygens (including phenoxy) is 1. The van der Waals surface area contributed by atoms with Gasteiger partial charge in [-0.25, -0.2) is 17.9 Å². The molecule has 2 aromatic rings. The lowest BCUT2D eigenvalue weighted by molar-refractivity contribution is 0.203. The Morgan fingerprint density at radius 3 is 2.77 bits per heavy atom. The maximum Gasteiger partial charge on any atom is 0.334 e. The fourth-order valence-electron chi connectivity index (χ4n) is 2.05. The Bertz CT molecular complexity index is 896. The van der Waals surface area contributed by atoms with Crippen molar-refractivity contribution < 1.29 is 23.1 Å². The summed E-state index contributed by atoms with van der Waals surface area (Å²) in [6.07, 6.45) is 2.39. The Morgan fingerprint density at radius 2 is 2.12 bits per heavy atom. The van der Waals surface area contributed by atoms with Crippen LogP contribution >= 0.6 is 23.1 Å². The summed E-state index contributed by atoms with van der Waals surface area (Å²) in [4.78, 5) is 17.3. The lowest BCUT2D eigenvalue weighted by Gasteiger charge is -2.08. The van der Waals surface area contributed by atoms with Gasteiger partial charge in [0.1, 0.15) is 10.0 Å². The molecule has 11 heteroatoms. The first-order valence-electron chi connectivity index (χ1n) is 7.42. The van der Waals surface area contributed by atoms with E-state index >= 15 is 0 Å². The molecule has 3 N–H and O–H groups in total. The highest BCUT2D eigenvalue weighted by molar-refractivity contribution is 7.98. The molecule has 0 aliphatic rings. The first-order chi connectivity index (χ1) is 12.2. The maximum atomic E-state index is 12.4. The van der Waals surface area contributed by atoms with Crippen molar-refractivity contribution in [3.63, 3.8) is 0 Å². The summed E-state index contributed by atoms with van der Waals surface area (Å²) < 4.78 is 31.8. The quantitative estimate of drug-likeness (QED) is 0.593. The molecule has 0 aliphatic carbocycles. The number of thiophene rings is 1. The van der Waals surface area contributed by atoms with E-state index in [0.717, 1.165) is 21.8 Å². The number of rotatable bonds is 7. The minimum absolute atomic E-state index is 0.0462. The number of hydrogen-bond acceptors (Lipinski definition) is 8. The number of carbonyl (C=O) groups excluding carboxylic acids is 1. The van der Waals surface area contributed by atoms with Crippen LogP contribution in [-0.4, -0.2) is 44.5 Å². The molecule has 0 fully saturated rings. The molecule has 0 saturated carbocycles. The van der Waals surface area contributed by atoms with Gasteiger partial charge in [-0.15, -0.1) is 23.1 Å². The Hall–Kier alpha value is -1.82. The average molecular weight is 418 g/mol. The standard InChI is InChI=1S/C15H19N3O5S3/c1-9-6-14(25-11(9)4-5-23-2)26(21,22)18-15(20)17-12-7-10(24-3)8-13(19)16-12/h6-8H,4-5H2,1-3H3,(H3,16,17,18,19,20). The van der Waals surface area contributed by atoms with Crippen molar-refractivity contribution in [1.29, 1.82) is 0 Å². The van der Waals surface area contributed by atoms with Gasteiger partial charge in [-0.05, 0) is 30.9 Å². The summed E-state index contributed by atoms with van der Waals surface area (Å²) in [5, 5.41) is 11.8. The van der Waals surface area contributed by atoms with E-state index in [0.29, 0.717) is 17.9 Å². The molecule has 26 heavy (non-hydrogen) atoms. The Morgan fingerprint density at radius 1 is 1.38 bits per heavy atom. The minimum Gasteiger partial charge on any atom is -0.493 e. The average Bonchev–Trinajstić information content (AvgIpc) is 2.93. The molecule has 0 aliphatic heterocycles. The highest BCUT2D eigenvalue weighted by atomic mass is 32.2. The zero-order chi connectivity index (χ0) is 19.3. The van der Waals surface area contributed by atoms with E-state index in [1.54, 1.807) is 20.3 Å². The van der Waals surface area contributed by atoms with Gasteiger partial charge in [-0.2, -0.15) is 4.98 Å². The second kappa shape index (κ2) is 8.71. The van der Waals surface area contributed by atoms with Crippen molar-refractivity contribution in [3.05, 3.63) is 28.6 Å². The number of urea groups is 1. The molecule has 0 atom stereocenters. The molecule has 2 aromatic heterocycles. The third kappa shape index (κ3) is 5.34. The smallest absolute Gasteiger partial charge is 0.334 e. The number of pyridine rings is 1. The molecule has 0 spiro atoms. The van der Waals surface area contributed by atoms with E-state index in [2.05, 4.69) is 10.3 Å². The molecule has 0 unspecified atom stereocenters. The van der Waals surface area contributed by atoms with Crippen LogP contribution in [0.3, 0.4) is 0 Å². The number of carbonyl (C=O) groups is 1. The van der Waals surface area contributed by atoms with Gasteiger partial charge in [0.25, 0.3) is 10.0 Å². The van der Waals surface area contributed by atoms with Gasteiger partial charge in [-0.1, -0.05) is 0 Å². The first kappa shape index (κ1) is 20.5. The highest BCUT2D eigenvalue weighted by Crippen LogP contribution is 2.27. The van der Waals surface area contributed by atoms with Crippen LogP contribution in [0.5, 0.6) is 5.88 Å². The summed E-state index contributed by atoms with van der Waals surface area (Å²) in [6.45, 7) is 2.29. The molecule has 8 nitrogen and oxygen atoms in total. The summed E-state index contributed by atoms with van der Waals surface area (Å²) in [5.41, 5.74) is 0.826. The van der Waals surface area contributed by atoms with Crippen molar-refractivity contribution in [2.75, 3.05) is 25.3 Å².